The number of ether oxygens (including phenoxy) is 2. The lowest BCUT2D eigenvalue weighted by Crippen LogP contribution is -2.39. The van der Waals surface area contributed by atoms with Gasteiger partial charge < -0.3 is 14.6 Å². The highest BCUT2D eigenvalue weighted by atomic mass is 127. The molecule has 3 atom stereocenters. The van der Waals surface area contributed by atoms with Crippen molar-refractivity contribution in [2.24, 2.45) is 0 Å². The number of carbonyl (C=O) groups excluding carboxylic acids is 2. The number of hydrogen-bond acceptors (Lipinski definition) is 5. The number of alkyl halides is 1. The van der Waals surface area contributed by atoms with Gasteiger partial charge in [0.05, 0.1) is 17.1 Å². The fraction of sp³-hybridized carbons (Fsp3) is 0.600. The van der Waals surface area contributed by atoms with E-state index in [0.717, 1.165) is 0 Å². The molecule has 0 aliphatic heterocycles. The van der Waals surface area contributed by atoms with Gasteiger partial charge in [0.15, 0.2) is 0 Å². The van der Waals surface area contributed by atoms with Crippen molar-refractivity contribution in [1.29, 1.82) is 0 Å². The van der Waals surface area contributed by atoms with Crippen LogP contribution in [-0.4, -0.2) is 40.3 Å². The summed E-state index contributed by atoms with van der Waals surface area (Å²) in [7, 11) is 1.27. The minimum absolute atomic E-state index is 0.220. The number of halogens is 1. The summed E-state index contributed by atoms with van der Waals surface area (Å²) in [5, 5.41) is 9.73. The van der Waals surface area contributed by atoms with Crippen LogP contribution < -0.4 is 0 Å². The highest BCUT2D eigenvalue weighted by Gasteiger charge is 2.34. The summed E-state index contributed by atoms with van der Waals surface area (Å²) in [4.78, 5) is 22.2. The number of aliphatic hydroxyl groups is 1. The van der Waals surface area contributed by atoms with E-state index >= 15 is 0 Å². The lowest BCUT2D eigenvalue weighted by Gasteiger charge is -2.29. The van der Waals surface area contributed by atoms with Crippen LogP contribution in [0.25, 0.3) is 0 Å². The third-order valence-electron chi connectivity index (χ3n) is 2.23. The molecule has 1 N–H and O–H groups in total. The maximum atomic E-state index is 11.3. The standard InChI is InChI=1S/C10H13IO5/c1-5(12)16-8-4-6(10(14)15-2)3-7(13)9(8)11/h4,7-9,13H,3H2,1-2H3/t7-,8+,9+/m1/s1. The van der Waals surface area contributed by atoms with E-state index in [-0.39, 0.29) is 10.3 Å². The van der Waals surface area contributed by atoms with E-state index in [1.165, 1.54) is 20.1 Å². The average Bonchev–Trinajstić information content (AvgIpc) is 2.22. The number of esters is 2. The van der Waals surface area contributed by atoms with E-state index in [4.69, 9.17) is 4.74 Å². The molecule has 0 heterocycles. The van der Waals surface area contributed by atoms with Crippen LogP contribution in [0.3, 0.4) is 0 Å². The van der Waals surface area contributed by atoms with Crippen molar-refractivity contribution >= 4 is 34.5 Å². The lowest BCUT2D eigenvalue weighted by atomic mass is 9.95. The molecule has 16 heavy (non-hydrogen) atoms. The lowest BCUT2D eigenvalue weighted by molar-refractivity contribution is -0.146. The quantitative estimate of drug-likeness (QED) is 0.452. The second kappa shape index (κ2) is 5.62. The van der Waals surface area contributed by atoms with E-state index in [0.29, 0.717) is 5.57 Å². The van der Waals surface area contributed by atoms with Gasteiger partial charge in [-0.1, -0.05) is 22.6 Å². The van der Waals surface area contributed by atoms with Gasteiger partial charge in [-0.3, -0.25) is 4.79 Å². The average molecular weight is 340 g/mol. The fourth-order valence-corrected chi connectivity index (χ4v) is 2.10. The first-order valence-electron chi connectivity index (χ1n) is 4.74. The van der Waals surface area contributed by atoms with Crippen LogP contribution in [-0.2, 0) is 19.1 Å². The summed E-state index contributed by atoms with van der Waals surface area (Å²) in [6.07, 6.45) is 0.453. The van der Waals surface area contributed by atoms with E-state index in [9.17, 15) is 14.7 Å². The van der Waals surface area contributed by atoms with Gasteiger partial charge in [-0.2, -0.15) is 0 Å². The third-order valence-corrected chi connectivity index (χ3v) is 3.76. The highest BCUT2D eigenvalue weighted by Crippen LogP contribution is 2.27. The largest absolute Gasteiger partial charge is 0.466 e. The van der Waals surface area contributed by atoms with Crippen LogP contribution in [0.4, 0.5) is 0 Å². The molecule has 6 heteroatoms. The Hall–Kier alpha value is -0.630. The summed E-state index contributed by atoms with van der Waals surface area (Å²) in [6, 6.07) is 0. The normalized spacial score (nSPS) is 29.2. The summed E-state index contributed by atoms with van der Waals surface area (Å²) >= 11 is 2.00. The molecule has 1 rings (SSSR count). The smallest absolute Gasteiger partial charge is 0.333 e. The van der Waals surface area contributed by atoms with Gasteiger partial charge >= 0.3 is 11.9 Å². The highest BCUT2D eigenvalue weighted by molar-refractivity contribution is 14.1. The van der Waals surface area contributed by atoms with Gasteiger partial charge in [0.2, 0.25) is 0 Å². The van der Waals surface area contributed by atoms with E-state index in [2.05, 4.69) is 4.74 Å². The van der Waals surface area contributed by atoms with Crippen LogP contribution in [0, 0.1) is 0 Å². The monoisotopic (exact) mass is 340 g/mol. The van der Waals surface area contributed by atoms with Crippen LogP contribution >= 0.6 is 22.6 Å². The summed E-state index contributed by atoms with van der Waals surface area (Å²) in [5.41, 5.74) is 0.342. The van der Waals surface area contributed by atoms with Gasteiger partial charge in [0, 0.05) is 18.9 Å². The van der Waals surface area contributed by atoms with Gasteiger partial charge in [-0.05, 0) is 6.08 Å². The number of hydrogen-bond donors (Lipinski definition) is 1. The Labute approximate surface area is 107 Å². The molecule has 0 aromatic rings. The van der Waals surface area contributed by atoms with Gasteiger partial charge in [-0.25, -0.2) is 4.79 Å². The van der Waals surface area contributed by atoms with E-state index in [1.807, 2.05) is 22.6 Å². The van der Waals surface area contributed by atoms with Crippen LogP contribution in [0.1, 0.15) is 13.3 Å². The van der Waals surface area contributed by atoms with Crippen molar-refractivity contribution in [3.63, 3.8) is 0 Å². The summed E-state index contributed by atoms with van der Waals surface area (Å²) in [6.45, 7) is 1.29. The first kappa shape index (κ1) is 13.4. The van der Waals surface area contributed by atoms with E-state index < -0.39 is 24.1 Å². The van der Waals surface area contributed by atoms with Gasteiger partial charge in [0.1, 0.15) is 6.10 Å². The van der Waals surface area contributed by atoms with E-state index in [1.54, 1.807) is 0 Å². The molecule has 90 valence electrons. The minimum atomic E-state index is -0.718. The second-order valence-electron chi connectivity index (χ2n) is 3.47. The predicted molar refractivity (Wildman–Crippen MR) is 64.1 cm³/mol. The molecule has 0 saturated carbocycles. The minimum Gasteiger partial charge on any atom is -0.466 e. The predicted octanol–water partition coefficient (Wildman–Crippen LogP) is 0.586. The molecule has 0 unspecified atom stereocenters. The van der Waals surface area contributed by atoms with Crippen LogP contribution in [0.5, 0.6) is 0 Å². The first-order chi connectivity index (χ1) is 7.45. The Bertz CT molecular complexity index is 325. The maximum Gasteiger partial charge on any atom is 0.333 e. The Morgan fingerprint density at radius 1 is 1.56 bits per heavy atom. The molecule has 1 aliphatic carbocycles. The molecule has 0 amide bonds. The van der Waals surface area contributed by atoms with Crippen LogP contribution in [0.15, 0.2) is 11.6 Å². The SMILES string of the molecule is COC(=O)C1=C[C@H](OC(C)=O)[C@@H](I)[C@H](O)C1. The molecule has 5 nitrogen and oxygen atoms in total. The zero-order chi connectivity index (χ0) is 12.3. The number of aliphatic hydroxyl groups excluding tert-OH is 1. The Kier molecular flexibility index (Phi) is 4.72. The van der Waals surface area contributed by atoms with Crippen molar-refractivity contribution in [2.75, 3.05) is 7.11 Å². The number of rotatable bonds is 2. The molecule has 0 bridgehead atoms. The maximum absolute atomic E-state index is 11.3. The Balaban J connectivity index is 2.87. The van der Waals surface area contributed by atoms with Crippen LogP contribution in [0.2, 0.25) is 0 Å². The number of methoxy groups -OCH3 is 1. The second-order valence-corrected chi connectivity index (χ2v) is 4.91. The topological polar surface area (TPSA) is 72.8 Å². The molecule has 0 fully saturated rings. The molecule has 0 saturated heterocycles. The molecular formula is C10H13IO5. The van der Waals surface area contributed by atoms with Gasteiger partial charge in [-0.15, -0.1) is 0 Å². The van der Waals surface area contributed by atoms with Crippen molar-refractivity contribution < 1.29 is 24.2 Å². The zero-order valence-electron chi connectivity index (χ0n) is 8.97. The van der Waals surface area contributed by atoms with Crippen molar-refractivity contribution in [3.8, 4) is 0 Å². The molecular weight excluding hydrogens is 327 g/mol. The molecule has 1 aliphatic rings. The molecule has 0 spiro atoms. The summed E-state index contributed by atoms with van der Waals surface area (Å²) < 4.78 is 9.32. The molecule has 0 aromatic carbocycles. The zero-order valence-corrected chi connectivity index (χ0v) is 11.1. The number of carbonyl (C=O) groups is 2. The van der Waals surface area contributed by atoms with Gasteiger partial charge in [0.25, 0.3) is 0 Å². The Morgan fingerprint density at radius 3 is 2.69 bits per heavy atom. The first-order valence-corrected chi connectivity index (χ1v) is 5.98. The molecule has 0 aromatic heterocycles. The summed E-state index contributed by atoms with van der Waals surface area (Å²) in [5.74, 6) is -0.944. The third kappa shape index (κ3) is 3.18. The van der Waals surface area contributed by atoms with Crippen molar-refractivity contribution in [2.45, 2.75) is 29.5 Å². The van der Waals surface area contributed by atoms with Crippen molar-refractivity contribution in [3.05, 3.63) is 11.6 Å². The molecule has 0 radical (unpaired) electrons. The Morgan fingerprint density at radius 2 is 2.19 bits per heavy atom. The fourth-order valence-electron chi connectivity index (χ4n) is 1.49. The van der Waals surface area contributed by atoms with Crippen molar-refractivity contribution in [1.82, 2.24) is 0 Å².